The van der Waals surface area contributed by atoms with E-state index in [4.69, 9.17) is 15.2 Å². The van der Waals surface area contributed by atoms with E-state index < -0.39 is 0 Å². The number of benzene rings is 1. The highest BCUT2D eigenvalue weighted by Crippen LogP contribution is 2.41. The molecule has 0 saturated heterocycles. The molecule has 2 N–H and O–H groups in total. The summed E-state index contributed by atoms with van der Waals surface area (Å²) in [5.41, 5.74) is 9.24. The average molecular weight is 348 g/mol. The van der Waals surface area contributed by atoms with Crippen LogP contribution >= 0.6 is 0 Å². The number of nitrogens with two attached hydrogens (primary N) is 1. The second-order valence-corrected chi connectivity index (χ2v) is 6.79. The van der Waals surface area contributed by atoms with Crippen molar-refractivity contribution in [1.82, 2.24) is 0 Å². The van der Waals surface area contributed by atoms with E-state index in [0.29, 0.717) is 12.5 Å². The van der Waals surface area contributed by atoms with Crippen LogP contribution in [-0.4, -0.2) is 20.8 Å². The summed E-state index contributed by atoms with van der Waals surface area (Å²) in [6.45, 7) is 9.27. The molecule has 3 nitrogen and oxygen atoms in total. The molecule has 0 spiro atoms. The maximum atomic E-state index is 5.72. The van der Waals surface area contributed by atoms with E-state index in [9.17, 15) is 0 Å². The van der Waals surface area contributed by atoms with Crippen LogP contribution in [0.4, 0.5) is 0 Å². The molecule has 0 amide bonds. The quantitative estimate of drug-likeness (QED) is 0.591. The SMILES string of the molecule is C=C1c2cc(OC)c(OC)cc2CC1CN.CCCCCCCCC. The van der Waals surface area contributed by atoms with Crippen molar-refractivity contribution in [1.29, 1.82) is 0 Å². The fourth-order valence-electron chi connectivity index (χ4n) is 3.25. The van der Waals surface area contributed by atoms with Crippen molar-refractivity contribution < 1.29 is 9.47 Å². The molecule has 1 aromatic carbocycles. The lowest BCUT2D eigenvalue weighted by molar-refractivity contribution is 0.354. The Kier molecular flexibility index (Phi) is 10.3. The molecule has 1 aliphatic rings. The molecule has 1 aromatic rings. The average Bonchev–Trinajstić information content (AvgIpc) is 2.96. The minimum atomic E-state index is 0.354. The molecule has 0 aromatic heterocycles. The van der Waals surface area contributed by atoms with Gasteiger partial charge in [-0.1, -0.05) is 65.4 Å². The minimum Gasteiger partial charge on any atom is -0.493 e. The Morgan fingerprint density at radius 2 is 1.48 bits per heavy atom. The van der Waals surface area contributed by atoms with Crippen LogP contribution in [0.15, 0.2) is 18.7 Å². The largest absolute Gasteiger partial charge is 0.493 e. The van der Waals surface area contributed by atoms with Gasteiger partial charge in [0.2, 0.25) is 0 Å². The molecular weight excluding hydrogens is 310 g/mol. The molecule has 0 fully saturated rings. The first kappa shape index (κ1) is 21.6. The third-order valence-electron chi connectivity index (χ3n) is 4.91. The van der Waals surface area contributed by atoms with Crippen LogP contribution < -0.4 is 15.2 Å². The fourth-order valence-corrected chi connectivity index (χ4v) is 3.25. The van der Waals surface area contributed by atoms with Gasteiger partial charge >= 0.3 is 0 Å². The van der Waals surface area contributed by atoms with Crippen molar-refractivity contribution in [3.8, 4) is 11.5 Å². The monoisotopic (exact) mass is 347 g/mol. The highest BCUT2D eigenvalue weighted by molar-refractivity contribution is 5.75. The zero-order chi connectivity index (χ0) is 18.7. The number of methoxy groups -OCH3 is 2. The van der Waals surface area contributed by atoms with E-state index in [1.807, 2.05) is 12.1 Å². The molecule has 0 saturated carbocycles. The van der Waals surface area contributed by atoms with Crippen LogP contribution in [0.1, 0.15) is 69.9 Å². The molecule has 0 bridgehead atoms. The standard InChI is InChI=1S/C13H17NO2.C9H20/c1-8-10(7-14)4-9-5-12(15-2)13(16-3)6-11(8)9;1-3-5-7-9-8-6-4-2/h5-6,10H,1,4,7,14H2,2-3H3;3-9H2,1-2H3. The van der Waals surface area contributed by atoms with E-state index in [1.165, 1.54) is 50.5 Å². The van der Waals surface area contributed by atoms with Gasteiger partial charge in [-0.15, -0.1) is 0 Å². The lowest BCUT2D eigenvalue weighted by Gasteiger charge is -2.10. The summed E-state index contributed by atoms with van der Waals surface area (Å²) in [5.74, 6) is 1.87. The molecule has 0 heterocycles. The molecule has 1 unspecified atom stereocenters. The van der Waals surface area contributed by atoms with Gasteiger partial charge in [0.25, 0.3) is 0 Å². The summed E-state index contributed by atoms with van der Waals surface area (Å²) >= 11 is 0. The van der Waals surface area contributed by atoms with Crippen molar-refractivity contribution in [3.05, 3.63) is 29.8 Å². The Labute approximate surface area is 154 Å². The van der Waals surface area contributed by atoms with Crippen LogP contribution in [0.5, 0.6) is 11.5 Å². The van der Waals surface area contributed by atoms with Crippen molar-refractivity contribution in [2.24, 2.45) is 11.7 Å². The minimum absolute atomic E-state index is 0.354. The third-order valence-corrected chi connectivity index (χ3v) is 4.91. The van der Waals surface area contributed by atoms with Crippen LogP contribution in [0.3, 0.4) is 0 Å². The van der Waals surface area contributed by atoms with E-state index in [0.717, 1.165) is 29.1 Å². The Morgan fingerprint density at radius 1 is 0.960 bits per heavy atom. The summed E-state index contributed by atoms with van der Waals surface area (Å²) in [5, 5.41) is 0. The Hall–Kier alpha value is -1.48. The van der Waals surface area contributed by atoms with Crippen LogP contribution in [-0.2, 0) is 6.42 Å². The molecule has 142 valence electrons. The number of hydrogen-bond donors (Lipinski definition) is 1. The molecule has 1 atom stereocenters. The predicted molar refractivity (Wildman–Crippen MR) is 108 cm³/mol. The van der Waals surface area contributed by atoms with E-state index in [-0.39, 0.29) is 0 Å². The number of ether oxygens (including phenoxy) is 2. The second kappa shape index (κ2) is 12.0. The lowest BCUT2D eigenvalue weighted by Crippen LogP contribution is -2.12. The van der Waals surface area contributed by atoms with Crippen molar-refractivity contribution in [2.75, 3.05) is 20.8 Å². The topological polar surface area (TPSA) is 44.5 Å². The van der Waals surface area contributed by atoms with E-state index in [1.54, 1.807) is 14.2 Å². The van der Waals surface area contributed by atoms with E-state index in [2.05, 4.69) is 20.4 Å². The summed E-state index contributed by atoms with van der Waals surface area (Å²) in [6.07, 6.45) is 10.9. The Bertz CT molecular complexity index is 519. The van der Waals surface area contributed by atoms with Crippen molar-refractivity contribution in [2.45, 2.75) is 65.2 Å². The zero-order valence-electron chi connectivity index (χ0n) is 16.7. The van der Waals surface area contributed by atoms with Gasteiger partial charge < -0.3 is 15.2 Å². The number of unbranched alkanes of at least 4 members (excludes halogenated alkanes) is 6. The molecule has 0 aliphatic heterocycles. The molecule has 2 rings (SSSR count). The Morgan fingerprint density at radius 3 is 1.96 bits per heavy atom. The van der Waals surface area contributed by atoms with Crippen molar-refractivity contribution >= 4 is 5.57 Å². The van der Waals surface area contributed by atoms with Gasteiger partial charge in [-0.25, -0.2) is 0 Å². The van der Waals surface area contributed by atoms with Gasteiger partial charge in [0, 0.05) is 5.92 Å². The summed E-state index contributed by atoms with van der Waals surface area (Å²) < 4.78 is 10.6. The molecule has 1 aliphatic carbocycles. The molecule has 25 heavy (non-hydrogen) atoms. The van der Waals surface area contributed by atoms with Gasteiger partial charge in [-0.2, -0.15) is 0 Å². The smallest absolute Gasteiger partial charge is 0.161 e. The summed E-state index contributed by atoms with van der Waals surface area (Å²) in [4.78, 5) is 0. The number of rotatable bonds is 9. The van der Waals surface area contributed by atoms with Gasteiger partial charge in [0.1, 0.15) is 0 Å². The lowest BCUT2D eigenvalue weighted by atomic mass is 10.0. The zero-order valence-corrected chi connectivity index (χ0v) is 16.7. The first-order valence-electron chi connectivity index (χ1n) is 9.76. The molecule has 3 heteroatoms. The van der Waals surface area contributed by atoms with Gasteiger partial charge in [-0.05, 0) is 41.8 Å². The maximum Gasteiger partial charge on any atom is 0.161 e. The maximum absolute atomic E-state index is 5.72. The summed E-state index contributed by atoms with van der Waals surface area (Å²) in [7, 11) is 3.29. The predicted octanol–water partition coefficient (Wildman–Crippen LogP) is 5.60. The first-order valence-corrected chi connectivity index (χ1v) is 9.76. The number of hydrogen-bond acceptors (Lipinski definition) is 3. The number of fused-ring (bicyclic) bond motifs is 1. The highest BCUT2D eigenvalue weighted by Gasteiger charge is 2.26. The molecule has 0 radical (unpaired) electrons. The van der Waals surface area contributed by atoms with Crippen LogP contribution in [0.2, 0.25) is 0 Å². The second-order valence-electron chi connectivity index (χ2n) is 6.79. The highest BCUT2D eigenvalue weighted by atomic mass is 16.5. The summed E-state index contributed by atoms with van der Waals surface area (Å²) in [6, 6.07) is 4.02. The van der Waals surface area contributed by atoms with Crippen molar-refractivity contribution in [3.63, 3.8) is 0 Å². The van der Waals surface area contributed by atoms with Gasteiger partial charge in [0.15, 0.2) is 11.5 Å². The van der Waals surface area contributed by atoms with Gasteiger partial charge in [0.05, 0.1) is 14.2 Å². The van der Waals surface area contributed by atoms with Crippen LogP contribution in [0, 0.1) is 5.92 Å². The van der Waals surface area contributed by atoms with Gasteiger partial charge in [-0.3, -0.25) is 0 Å². The normalized spacial score (nSPS) is 15.4. The Balaban J connectivity index is 0.000000299. The molecular formula is C22H37NO2. The van der Waals surface area contributed by atoms with E-state index >= 15 is 0 Å². The van der Waals surface area contributed by atoms with Crippen LogP contribution in [0.25, 0.3) is 5.57 Å². The third kappa shape index (κ3) is 6.39. The fraction of sp³-hybridized carbons (Fsp3) is 0.636. The first-order chi connectivity index (χ1) is 12.1.